The van der Waals surface area contributed by atoms with Gasteiger partial charge in [-0.15, -0.1) is 0 Å². The maximum atomic E-state index is 13.0. The van der Waals surface area contributed by atoms with Gasteiger partial charge in [-0.05, 0) is 32.3 Å². The van der Waals surface area contributed by atoms with E-state index in [1.807, 2.05) is 0 Å². The second kappa shape index (κ2) is 10.2. The van der Waals surface area contributed by atoms with E-state index in [0.29, 0.717) is 5.91 Å². The van der Waals surface area contributed by atoms with E-state index in [1.54, 1.807) is 0 Å². The number of benzene rings is 1. The first kappa shape index (κ1) is 21.8. The number of amides is 1. The van der Waals surface area contributed by atoms with E-state index in [4.69, 9.17) is 4.98 Å². The molecule has 5 nitrogen and oxygen atoms in total. The fourth-order valence-corrected chi connectivity index (χ4v) is 4.70. The number of piperazine rings is 1. The van der Waals surface area contributed by atoms with Crippen LogP contribution in [0.1, 0.15) is 63.4 Å². The van der Waals surface area contributed by atoms with Gasteiger partial charge in [-0.3, -0.25) is 4.79 Å². The average Bonchev–Trinajstić information content (AvgIpc) is 3.18. The van der Waals surface area contributed by atoms with E-state index in [1.165, 1.54) is 22.7 Å². The van der Waals surface area contributed by atoms with Crippen LogP contribution in [0.15, 0.2) is 24.3 Å². The second-order valence-corrected chi connectivity index (χ2v) is 8.96. The number of carbonyl (C=O) groups is 1. The zero-order valence-corrected chi connectivity index (χ0v) is 19.0. The number of nitrogens with zero attached hydrogens (tertiary/aromatic N) is 4. The molecule has 29 heavy (non-hydrogen) atoms. The van der Waals surface area contributed by atoms with Crippen LogP contribution in [0.2, 0.25) is 0 Å². The summed E-state index contributed by atoms with van der Waals surface area (Å²) in [5.74, 6) is 1.39. The van der Waals surface area contributed by atoms with Crippen LogP contribution >= 0.6 is 11.5 Å². The SMILES string of the molecule is CCCC[C@H](CC)C(=O)N1CCN(c2nc(Cc3ccc(C)cc3)ns2)C[C@@H]1C. The van der Waals surface area contributed by atoms with Gasteiger partial charge in [0.25, 0.3) is 0 Å². The minimum atomic E-state index is 0.173. The van der Waals surface area contributed by atoms with Gasteiger partial charge in [-0.1, -0.05) is 56.5 Å². The normalized spacial score (nSPS) is 18.1. The summed E-state index contributed by atoms with van der Waals surface area (Å²) in [6.45, 7) is 11.0. The summed E-state index contributed by atoms with van der Waals surface area (Å²) in [6, 6.07) is 8.75. The van der Waals surface area contributed by atoms with Gasteiger partial charge in [0, 0.05) is 49.5 Å². The lowest BCUT2D eigenvalue weighted by molar-refractivity contribution is -0.138. The van der Waals surface area contributed by atoms with Crippen LogP contribution in [0.4, 0.5) is 5.13 Å². The Balaban J connectivity index is 1.58. The lowest BCUT2D eigenvalue weighted by Gasteiger charge is -2.41. The largest absolute Gasteiger partial charge is 0.343 e. The lowest BCUT2D eigenvalue weighted by Crippen LogP contribution is -2.55. The molecule has 0 radical (unpaired) electrons. The summed E-state index contributed by atoms with van der Waals surface area (Å²) in [5, 5.41) is 0.976. The molecular formula is C23H34N4OS. The van der Waals surface area contributed by atoms with Crippen LogP contribution in [-0.2, 0) is 11.2 Å². The third-order valence-electron chi connectivity index (χ3n) is 5.87. The minimum absolute atomic E-state index is 0.173. The Hall–Kier alpha value is -1.95. The summed E-state index contributed by atoms with van der Waals surface area (Å²) in [5.41, 5.74) is 2.50. The highest BCUT2D eigenvalue weighted by Gasteiger charge is 2.31. The van der Waals surface area contributed by atoms with Crippen molar-refractivity contribution in [3.8, 4) is 0 Å². The van der Waals surface area contributed by atoms with Crippen LogP contribution in [0.5, 0.6) is 0 Å². The zero-order chi connectivity index (χ0) is 20.8. The highest BCUT2D eigenvalue weighted by atomic mass is 32.1. The molecule has 1 saturated heterocycles. The highest BCUT2D eigenvalue weighted by Crippen LogP contribution is 2.25. The number of anilines is 1. The number of hydrogen-bond donors (Lipinski definition) is 0. The summed E-state index contributed by atoms with van der Waals surface area (Å²) in [4.78, 5) is 22.2. The number of unbranched alkanes of at least 4 members (excludes halogenated alkanes) is 1. The van der Waals surface area contributed by atoms with Gasteiger partial charge in [-0.25, -0.2) is 4.98 Å². The number of carbonyl (C=O) groups excluding carboxylic acids is 1. The van der Waals surface area contributed by atoms with Crippen molar-refractivity contribution >= 4 is 22.6 Å². The van der Waals surface area contributed by atoms with Crippen LogP contribution in [-0.4, -0.2) is 45.8 Å². The molecule has 1 aliphatic rings. The summed E-state index contributed by atoms with van der Waals surface area (Å²) in [7, 11) is 0. The Kier molecular flexibility index (Phi) is 7.64. The van der Waals surface area contributed by atoms with E-state index < -0.39 is 0 Å². The lowest BCUT2D eigenvalue weighted by atomic mass is 9.96. The molecule has 1 fully saturated rings. The smallest absolute Gasteiger partial charge is 0.226 e. The second-order valence-electron chi connectivity index (χ2n) is 8.23. The first-order valence-corrected chi connectivity index (χ1v) is 11.7. The van der Waals surface area contributed by atoms with Gasteiger partial charge in [0.15, 0.2) is 0 Å². The zero-order valence-electron chi connectivity index (χ0n) is 18.2. The predicted octanol–water partition coefficient (Wildman–Crippen LogP) is 4.69. The maximum absolute atomic E-state index is 13.0. The van der Waals surface area contributed by atoms with Gasteiger partial charge in [0.05, 0.1) is 0 Å². The quantitative estimate of drug-likeness (QED) is 0.629. The molecular weight excluding hydrogens is 380 g/mol. The first-order valence-electron chi connectivity index (χ1n) is 10.9. The van der Waals surface area contributed by atoms with Crippen molar-refractivity contribution in [2.45, 2.75) is 65.8 Å². The van der Waals surface area contributed by atoms with Gasteiger partial charge < -0.3 is 9.80 Å². The van der Waals surface area contributed by atoms with Gasteiger partial charge in [0.1, 0.15) is 5.82 Å². The fourth-order valence-electron chi connectivity index (χ4n) is 3.98. The third-order valence-corrected chi connectivity index (χ3v) is 6.68. The first-order chi connectivity index (χ1) is 14.0. The Morgan fingerprint density at radius 1 is 1.24 bits per heavy atom. The van der Waals surface area contributed by atoms with Crippen molar-refractivity contribution in [2.75, 3.05) is 24.5 Å². The van der Waals surface area contributed by atoms with Crippen molar-refractivity contribution in [1.82, 2.24) is 14.3 Å². The molecule has 1 aromatic heterocycles. The molecule has 2 aromatic rings. The number of rotatable bonds is 8. The van der Waals surface area contributed by atoms with Crippen LogP contribution in [0.25, 0.3) is 0 Å². The van der Waals surface area contributed by atoms with Crippen molar-refractivity contribution in [3.63, 3.8) is 0 Å². The summed E-state index contributed by atoms with van der Waals surface area (Å²) < 4.78 is 4.57. The topological polar surface area (TPSA) is 49.3 Å². The number of hydrogen-bond acceptors (Lipinski definition) is 5. The molecule has 0 bridgehead atoms. The predicted molar refractivity (Wildman–Crippen MR) is 121 cm³/mol. The van der Waals surface area contributed by atoms with Crippen LogP contribution in [0, 0.1) is 12.8 Å². The molecule has 3 rings (SSSR count). The Bertz CT molecular complexity index is 788. The molecule has 2 atom stereocenters. The van der Waals surface area contributed by atoms with E-state index in [0.717, 1.165) is 62.7 Å². The third kappa shape index (κ3) is 5.56. The molecule has 1 aliphatic heterocycles. The van der Waals surface area contributed by atoms with Gasteiger partial charge in [-0.2, -0.15) is 4.37 Å². The number of aryl methyl sites for hydroxylation is 1. The van der Waals surface area contributed by atoms with E-state index in [2.05, 4.69) is 66.1 Å². The average molecular weight is 415 g/mol. The standard InChI is InChI=1S/C23H34N4OS/c1-5-7-8-20(6-2)22(28)27-14-13-26(16-18(27)4)23-24-21(25-29-23)15-19-11-9-17(3)10-12-19/h9-12,18,20H,5-8,13-16H2,1-4H3/t18-,20-/m0/s1. The van der Waals surface area contributed by atoms with Crippen LogP contribution in [0.3, 0.4) is 0 Å². The molecule has 0 saturated carbocycles. The summed E-state index contributed by atoms with van der Waals surface area (Å²) in [6.07, 6.45) is 4.99. The molecule has 1 aromatic carbocycles. The fraction of sp³-hybridized carbons (Fsp3) is 0.609. The highest BCUT2D eigenvalue weighted by molar-refractivity contribution is 7.09. The van der Waals surface area contributed by atoms with Gasteiger partial charge in [0.2, 0.25) is 11.0 Å². The monoisotopic (exact) mass is 414 g/mol. The van der Waals surface area contributed by atoms with E-state index >= 15 is 0 Å². The molecule has 0 N–H and O–H groups in total. The molecule has 0 unspecified atom stereocenters. The molecule has 0 aliphatic carbocycles. The molecule has 158 valence electrons. The summed E-state index contributed by atoms with van der Waals surface area (Å²) >= 11 is 1.47. The molecule has 1 amide bonds. The maximum Gasteiger partial charge on any atom is 0.226 e. The molecule has 0 spiro atoms. The minimum Gasteiger partial charge on any atom is -0.343 e. The van der Waals surface area contributed by atoms with Crippen molar-refractivity contribution < 1.29 is 4.79 Å². The van der Waals surface area contributed by atoms with Gasteiger partial charge >= 0.3 is 0 Å². The molecule has 6 heteroatoms. The Morgan fingerprint density at radius 3 is 2.66 bits per heavy atom. The van der Waals surface area contributed by atoms with Crippen molar-refractivity contribution in [3.05, 3.63) is 41.2 Å². The number of aromatic nitrogens is 2. The molecule has 2 heterocycles. The van der Waals surface area contributed by atoms with Crippen molar-refractivity contribution in [2.24, 2.45) is 5.92 Å². The van der Waals surface area contributed by atoms with Crippen LogP contribution < -0.4 is 4.90 Å². The Morgan fingerprint density at radius 2 is 2.00 bits per heavy atom. The van der Waals surface area contributed by atoms with E-state index in [9.17, 15) is 4.79 Å². The van der Waals surface area contributed by atoms with Crippen molar-refractivity contribution in [1.29, 1.82) is 0 Å². The van der Waals surface area contributed by atoms with E-state index in [-0.39, 0.29) is 12.0 Å². The Labute approximate surface area is 179 Å².